The van der Waals surface area contributed by atoms with Gasteiger partial charge in [0.1, 0.15) is 10.8 Å². The molecule has 23 heavy (non-hydrogen) atoms. The van der Waals surface area contributed by atoms with Gasteiger partial charge in [0.05, 0.1) is 5.92 Å². The Balaban J connectivity index is 1.56. The highest BCUT2D eigenvalue weighted by molar-refractivity contribution is 7.15. The summed E-state index contributed by atoms with van der Waals surface area (Å²) in [5, 5.41) is 14.7. The molecule has 0 bridgehead atoms. The van der Waals surface area contributed by atoms with Gasteiger partial charge in [-0.2, -0.15) is 0 Å². The number of carbonyl (C=O) groups is 2. The van der Waals surface area contributed by atoms with Crippen molar-refractivity contribution in [2.45, 2.75) is 31.1 Å². The summed E-state index contributed by atoms with van der Waals surface area (Å²) in [6.45, 7) is 0. The molecule has 0 unspecified atom stereocenters. The third-order valence-corrected chi connectivity index (χ3v) is 4.97. The van der Waals surface area contributed by atoms with Crippen LogP contribution in [0.25, 0.3) is 0 Å². The molecule has 0 spiro atoms. The SMILES string of the molecule is O=C1C[C@@H](C(=O)Nc2nnc(C3CC3)s2)c2ccc(F)cc2N1. The molecule has 1 aliphatic carbocycles. The third kappa shape index (κ3) is 2.81. The summed E-state index contributed by atoms with van der Waals surface area (Å²) in [7, 11) is 0. The Labute approximate surface area is 135 Å². The first-order chi connectivity index (χ1) is 11.1. The number of nitrogens with zero attached hydrogens (tertiary/aromatic N) is 2. The van der Waals surface area contributed by atoms with Crippen LogP contribution in [0.3, 0.4) is 0 Å². The molecule has 2 aromatic rings. The van der Waals surface area contributed by atoms with E-state index in [1.54, 1.807) is 0 Å². The van der Waals surface area contributed by atoms with E-state index in [1.807, 2.05) is 0 Å². The van der Waals surface area contributed by atoms with Crippen LogP contribution < -0.4 is 10.6 Å². The Hall–Kier alpha value is -2.35. The second kappa shape index (κ2) is 5.38. The average molecular weight is 332 g/mol. The van der Waals surface area contributed by atoms with Gasteiger partial charge in [0.15, 0.2) is 0 Å². The predicted octanol–water partition coefficient (Wildman–Crippen LogP) is 2.62. The number of halogens is 1. The van der Waals surface area contributed by atoms with Crippen LogP contribution in [0.4, 0.5) is 15.2 Å². The smallest absolute Gasteiger partial charge is 0.234 e. The summed E-state index contributed by atoms with van der Waals surface area (Å²) in [5.74, 6) is -1.27. The minimum atomic E-state index is -0.660. The molecule has 1 fully saturated rings. The van der Waals surface area contributed by atoms with Gasteiger partial charge in [0, 0.05) is 18.0 Å². The van der Waals surface area contributed by atoms with Crippen molar-refractivity contribution in [3.63, 3.8) is 0 Å². The number of hydrogen-bond donors (Lipinski definition) is 2. The van der Waals surface area contributed by atoms with Crippen LogP contribution in [0, 0.1) is 5.82 Å². The number of amides is 2. The quantitative estimate of drug-likeness (QED) is 0.905. The van der Waals surface area contributed by atoms with Gasteiger partial charge < -0.3 is 5.32 Å². The first kappa shape index (κ1) is 14.3. The van der Waals surface area contributed by atoms with Gasteiger partial charge in [0.25, 0.3) is 0 Å². The van der Waals surface area contributed by atoms with E-state index in [0.29, 0.717) is 22.3 Å². The molecule has 0 saturated heterocycles. The van der Waals surface area contributed by atoms with Gasteiger partial charge >= 0.3 is 0 Å². The largest absolute Gasteiger partial charge is 0.326 e. The summed E-state index contributed by atoms with van der Waals surface area (Å²) in [4.78, 5) is 24.3. The zero-order chi connectivity index (χ0) is 16.0. The van der Waals surface area contributed by atoms with Crippen molar-refractivity contribution in [2.24, 2.45) is 0 Å². The normalized spacial score (nSPS) is 19.9. The van der Waals surface area contributed by atoms with Gasteiger partial charge in [-0.05, 0) is 30.5 Å². The standard InChI is InChI=1S/C15H13FN4O2S/c16-8-3-4-9-10(6-12(21)17-11(9)5-8)13(22)18-15-20-19-14(23-15)7-1-2-7/h3-5,7,10H,1-2,6H2,(H,17,21)(H,18,20,22)/t10-/m1/s1. The minimum Gasteiger partial charge on any atom is -0.326 e. The van der Waals surface area contributed by atoms with E-state index in [0.717, 1.165) is 17.8 Å². The van der Waals surface area contributed by atoms with Crippen molar-refractivity contribution in [3.8, 4) is 0 Å². The van der Waals surface area contributed by atoms with Crippen LogP contribution in [0.5, 0.6) is 0 Å². The molecular weight excluding hydrogens is 319 g/mol. The van der Waals surface area contributed by atoms with Crippen LogP contribution in [-0.4, -0.2) is 22.0 Å². The number of rotatable bonds is 3. The minimum absolute atomic E-state index is 0.0265. The topological polar surface area (TPSA) is 84.0 Å². The molecule has 8 heteroatoms. The molecular formula is C15H13FN4O2S. The highest BCUT2D eigenvalue weighted by atomic mass is 32.1. The fourth-order valence-electron chi connectivity index (χ4n) is 2.64. The molecule has 0 radical (unpaired) electrons. The Bertz CT molecular complexity index is 803. The summed E-state index contributed by atoms with van der Waals surface area (Å²) >= 11 is 1.37. The lowest BCUT2D eigenvalue weighted by molar-refractivity contribution is -0.123. The van der Waals surface area contributed by atoms with E-state index in [1.165, 1.54) is 29.5 Å². The fourth-order valence-corrected chi connectivity index (χ4v) is 3.56. The molecule has 1 aromatic carbocycles. The first-order valence-electron chi connectivity index (χ1n) is 7.34. The van der Waals surface area contributed by atoms with Crippen molar-refractivity contribution in [1.29, 1.82) is 0 Å². The molecule has 2 aliphatic rings. The maximum atomic E-state index is 13.3. The lowest BCUT2D eigenvalue weighted by Gasteiger charge is -2.24. The zero-order valence-corrected chi connectivity index (χ0v) is 12.8. The lowest BCUT2D eigenvalue weighted by atomic mass is 9.90. The Morgan fingerprint density at radius 2 is 2.17 bits per heavy atom. The molecule has 1 saturated carbocycles. The van der Waals surface area contributed by atoms with Crippen molar-refractivity contribution in [3.05, 3.63) is 34.6 Å². The van der Waals surface area contributed by atoms with Gasteiger partial charge in [0.2, 0.25) is 16.9 Å². The summed E-state index contributed by atoms with van der Waals surface area (Å²) in [5.41, 5.74) is 0.952. The van der Waals surface area contributed by atoms with Crippen LogP contribution in [0.2, 0.25) is 0 Å². The second-order valence-corrected chi connectivity index (χ2v) is 6.75. The van der Waals surface area contributed by atoms with E-state index in [4.69, 9.17) is 0 Å². The Morgan fingerprint density at radius 1 is 1.35 bits per heavy atom. The van der Waals surface area contributed by atoms with Crippen LogP contribution >= 0.6 is 11.3 Å². The van der Waals surface area contributed by atoms with Crippen molar-refractivity contribution < 1.29 is 14.0 Å². The van der Waals surface area contributed by atoms with E-state index >= 15 is 0 Å². The lowest BCUT2D eigenvalue weighted by Crippen LogP contribution is -2.30. The molecule has 6 nitrogen and oxygen atoms in total. The Kier molecular flexibility index (Phi) is 3.33. The van der Waals surface area contributed by atoms with Crippen molar-refractivity contribution >= 4 is 34.0 Å². The predicted molar refractivity (Wildman–Crippen MR) is 82.9 cm³/mol. The van der Waals surface area contributed by atoms with Crippen LogP contribution in [0.15, 0.2) is 18.2 Å². The number of benzene rings is 1. The molecule has 2 N–H and O–H groups in total. The monoisotopic (exact) mass is 332 g/mol. The van der Waals surface area contributed by atoms with E-state index in [-0.39, 0.29) is 18.2 Å². The number of fused-ring (bicyclic) bond motifs is 1. The number of nitrogens with one attached hydrogen (secondary N) is 2. The average Bonchev–Trinajstić information content (AvgIpc) is 3.26. The van der Waals surface area contributed by atoms with Crippen LogP contribution in [0.1, 0.15) is 41.7 Å². The highest BCUT2D eigenvalue weighted by Gasteiger charge is 2.32. The van der Waals surface area contributed by atoms with Gasteiger partial charge in [-0.25, -0.2) is 4.39 Å². The zero-order valence-electron chi connectivity index (χ0n) is 12.0. The van der Waals surface area contributed by atoms with E-state index < -0.39 is 11.7 Å². The van der Waals surface area contributed by atoms with E-state index in [2.05, 4.69) is 20.8 Å². The Morgan fingerprint density at radius 3 is 2.96 bits per heavy atom. The van der Waals surface area contributed by atoms with Crippen molar-refractivity contribution in [2.75, 3.05) is 10.6 Å². The molecule has 2 amide bonds. The molecule has 1 atom stereocenters. The number of hydrogen-bond acceptors (Lipinski definition) is 5. The number of anilines is 2. The molecule has 1 aliphatic heterocycles. The highest BCUT2D eigenvalue weighted by Crippen LogP contribution is 2.42. The molecule has 2 heterocycles. The molecule has 1 aromatic heterocycles. The molecule has 4 rings (SSSR count). The second-order valence-electron chi connectivity index (χ2n) is 5.75. The number of aromatic nitrogens is 2. The van der Waals surface area contributed by atoms with E-state index in [9.17, 15) is 14.0 Å². The van der Waals surface area contributed by atoms with Gasteiger partial charge in [-0.3, -0.25) is 14.9 Å². The van der Waals surface area contributed by atoms with Crippen molar-refractivity contribution in [1.82, 2.24) is 10.2 Å². The first-order valence-corrected chi connectivity index (χ1v) is 8.15. The number of carbonyl (C=O) groups excluding carboxylic acids is 2. The summed E-state index contributed by atoms with van der Waals surface area (Å²) in [6, 6.07) is 4.04. The maximum Gasteiger partial charge on any atom is 0.234 e. The van der Waals surface area contributed by atoms with Gasteiger partial charge in [-0.1, -0.05) is 17.4 Å². The third-order valence-electron chi connectivity index (χ3n) is 3.97. The summed E-state index contributed by atoms with van der Waals surface area (Å²) < 4.78 is 13.3. The fraction of sp³-hybridized carbons (Fsp3) is 0.333. The van der Waals surface area contributed by atoms with Crippen LogP contribution in [-0.2, 0) is 9.59 Å². The molecule has 118 valence electrons. The van der Waals surface area contributed by atoms with Gasteiger partial charge in [-0.15, -0.1) is 10.2 Å². The summed E-state index contributed by atoms with van der Waals surface area (Å²) in [6.07, 6.45) is 2.26. The maximum absolute atomic E-state index is 13.3.